The Morgan fingerprint density at radius 1 is 1.11 bits per heavy atom. The summed E-state index contributed by atoms with van der Waals surface area (Å²) < 4.78 is 10.9. The number of fused-ring (bicyclic) bond motifs is 1. The van der Waals surface area contributed by atoms with Gasteiger partial charge in [-0.1, -0.05) is 23.7 Å². The summed E-state index contributed by atoms with van der Waals surface area (Å²) in [4.78, 5) is 24.2. The lowest BCUT2D eigenvalue weighted by Crippen LogP contribution is -2.22. The highest BCUT2D eigenvalue weighted by Gasteiger charge is 2.13. The van der Waals surface area contributed by atoms with Crippen LogP contribution in [0, 0.1) is 0 Å². The molecule has 3 rings (SSSR count). The van der Waals surface area contributed by atoms with Gasteiger partial charge in [0.25, 0.3) is 5.91 Å². The van der Waals surface area contributed by atoms with Crippen LogP contribution in [0.5, 0.6) is 11.5 Å². The molecule has 2 aromatic carbocycles. The first kappa shape index (κ1) is 18.7. The molecule has 0 spiro atoms. The van der Waals surface area contributed by atoms with Gasteiger partial charge in [0.1, 0.15) is 13.2 Å². The fourth-order valence-corrected chi connectivity index (χ4v) is 2.67. The number of nitrogens with zero attached hydrogens (tertiary/aromatic N) is 1. The molecular weight excluding hydrogens is 370 g/mol. The zero-order chi connectivity index (χ0) is 19.2. The molecule has 0 saturated carbocycles. The molecule has 0 bridgehead atoms. The average molecular weight is 388 g/mol. The number of benzene rings is 2. The highest BCUT2D eigenvalue weighted by Crippen LogP contribution is 2.32. The summed E-state index contributed by atoms with van der Waals surface area (Å²) in [7, 11) is 0. The van der Waals surface area contributed by atoms with Crippen LogP contribution in [0.2, 0.25) is 5.02 Å². The van der Waals surface area contributed by atoms with Crippen molar-refractivity contribution in [2.45, 2.75) is 13.3 Å². The zero-order valence-corrected chi connectivity index (χ0v) is 15.4. The molecule has 7 nitrogen and oxygen atoms in total. The van der Waals surface area contributed by atoms with E-state index in [1.807, 2.05) is 0 Å². The Labute approximate surface area is 161 Å². The molecule has 0 saturated heterocycles. The molecular formula is C19H18ClN3O4. The van der Waals surface area contributed by atoms with Crippen LogP contribution in [0.25, 0.3) is 0 Å². The van der Waals surface area contributed by atoms with E-state index < -0.39 is 5.91 Å². The molecule has 1 heterocycles. The number of hydrogen-bond acceptors (Lipinski definition) is 5. The minimum atomic E-state index is -0.438. The van der Waals surface area contributed by atoms with Crippen molar-refractivity contribution in [3.05, 3.63) is 53.1 Å². The van der Waals surface area contributed by atoms with Gasteiger partial charge in [-0.25, -0.2) is 5.43 Å². The van der Waals surface area contributed by atoms with Gasteiger partial charge in [-0.05, 0) is 31.2 Å². The molecule has 0 atom stereocenters. The minimum absolute atomic E-state index is 0.0250. The van der Waals surface area contributed by atoms with Crippen molar-refractivity contribution in [2.75, 3.05) is 18.5 Å². The highest BCUT2D eigenvalue weighted by molar-refractivity contribution is 6.33. The van der Waals surface area contributed by atoms with Gasteiger partial charge < -0.3 is 14.8 Å². The maximum Gasteiger partial charge on any atom is 0.272 e. The third-order valence-corrected chi connectivity index (χ3v) is 4.04. The minimum Gasteiger partial charge on any atom is -0.486 e. The molecule has 27 heavy (non-hydrogen) atoms. The summed E-state index contributed by atoms with van der Waals surface area (Å²) >= 11 is 5.97. The van der Waals surface area contributed by atoms with Crippen LogP contribution in [-0.2, 0) is 4.79 Å². The molecule has 0 unspecified atom stereocenters. The number of hydrogen-bond donors (Lipinski definition) is 2. The summed E-state index contributed by atoms with van der Waals surface area (Å²) in [5.74, 6) is 0.544. The van der Waals surface area contributed by atoms with E-state index in [0.717, 1.165) is 0 Å². The van der Waals surface area contributed by atoms with Gasteiger partial charge in [-0.2, -0.15) is 5.10 Å². The number of nitrogens with one attached hydrogen (secondary N) is 2. The maximum absolute atomic E-state index is 12.2. The number of carbonyl (C=O) groups excluding carboxylic acids is 2. The molecule has 0 aromatic heterocycles. The zero-order valence-electron chi connectivity index (χ0n) is 14.6. The first-order valence-electron chi connectivity index (χ1n) is 8.30. The predicted octanol–water partition coefficient (Wildman–Crippen LogP) is 3.25. The normalized spacial score (nSPS) is 13.0. The summed E-state index contributed by atoms with van der Waals surface area (Å²) in [6.45, 7) is 2.63. The van der Waals surface area contributed by atoms with Gasteiger partial charge in [-0.15, -0.1) is 0 Å². The predicted molar refractivity (Wildman–Crippen MR) is 103 cm³/mol. The SMILES string of the molecule is C/C(CC(=O)Nc1ccc2c(c1)OCCO2)=N/NC(=O)c1ccccc1Cl. The first-order chi connectivity index (χ1) is 13.0. The third kappa shape index (κ3) is 4.98. The Kier molecular flexibility index (Phi) is 5.93. The number of amides is 2. The number of carbonyl (C=O) groups is 2. The Hall–Kier alpha value is -3.06. The summed E-state index contributed by atoms with van der Waals surface area (Å²) in [5.41, 5.74) is 3.76. The van der Waals surface area contributed by atoms with E-state index >= 15 is 0 Å². The van der Waals surface area contributed by atoms with Crippen molar-refractivity contribution < 1.29 is 19.1 Å². The second-order valence-corrected chi connectivity index (χ2v) is 6.26. The molecule has 1 aliphatic rings. The molecule has 2 N–H and O–H groups in total. The van der Waals surface area contributed by atoms with Crippen molar-refractivity contribution >= 4 is 34.8 Å². The Bertz CT molecular complexity index is 898. The summed E-state index contributed by atoms with van der Waals surface area (Å²) in [6, 6.07) is 11.8. The Balaban J connectivity index is 1.55. The van der Waals surface area contributed by atoms with Crippen LogP contribution in [0.15, 0.2) is 47.6 Å². The number of halogens is 1. The lowest BCUT2D eigenvalue weighted by atomic mass is 10.2. The number of anilines is 1. The standard InChI is InChI=1S/C19H18ClN3O4/c1-12(22-23-19(25)14-4-2-3-5-15(14)20)10-18(24)21-13-6-7-16-17(11-13)27-9-8-26-16/h2-7,11H,8-10H2,1H3,(H,21,24)(H,23,25)/b22-12-. The van der Waals surface area contributed by atoms with E-state index in [4.69, 9.17) is 21.1 Å². The van der Waals surface area contributed by atoms with Gasteiger partial charge in [0.05, 0.1) is 17.0 Å². The number of ether oxygens (including phenoxy) is 2. The molecule has 140 valence electrons. The first-order valence-corrected chi connectivity index (χ1v) is 8.68. The molecule has 0 aliphatic carbocycles. The summed E-state index contributed by atoms with van der Waals surface area (Å²) in [5, 5.41) is 7.04. The summed E-state index contributed by atoms with van der Waals surface area (Å²) in [6.07, 6.45) is 0.0250. The van der Waals surface area contributed by atoms with E-state index in [1.165, 1.54) is 0 Å². The topological polar surface area (TPSA) is 89.0 Å². The van der Waals surface area contributed by atoms with Gasteiger partial charge in [0.2, 0.25) is 5.91 Å². The largest absolute Gasteiger partial charge is 0.486 e. The lowest BCUT2D eigenvalue weighted by molar-refractivity contribution is -0.115. The fourth-order valence-electron chi connectivity index (χ4n) is 2.45. The molecule has 2 amide bonds. The van der Waals surface area contributed by atoms with E-state index in [9.17, 15) is 9.59 Å². The second-order valence-electron chi connectivity index (χ2n) is 5.85. The van der Waals surface area contributed by atoms with E-state index in [1.54, 1.807) is 49.4 Å². The lowest BCUT2D eigenvalue weighted by Gasteiger charge is -2.19. The van der Waals surface area contributed by atoms with Gasteiger partial charge in [0.15, 0.2) is 11.5 Å². The van der Waals surface area contributed by atoms with Crippen LogP contribution in [-0.4, -0.2) is 30.7 Å². The van der Waals surface area contributed by atoms with E-state index in [2.05, 4.69) is 15.8 Å². The maximum atomic E-state index is 12.2. The second kappa shape index (κ2) is 8.55. The average Bonchev–Trinajstić information content (AvgIpc) is 2.66. The van der Waals surface area contributed by atoms with Crippen molar-refractivity contribution in [2.24, 2.45) is 5.10 Å². The Morgan fingerprint density at radius 2 is 1.85 bits per heavy atom. The molecule has 1 aliphatic heterocycles. The quantitative estimate of drug-likeness (QED) is 0.608. The van der Waals surface area contributed by atoms with Crippen molar-refractivity contribution in [3.63, 3.8) is 0 Å². The molecule has 0 radical (unpaired) electrons. The van der Waals surface area contributed by atoms with Gasteiger partial charge in [-0.3, -0.25) is 9.59 Å². The van der Waals surface area contributed by atoms with Crippen molar-refractivity contribution in [1.29, 1.82) is 0 Å². The van der Waals surface area contributed by atoms with Crippen LogP contribution < -0.4 is 20.2 Å². The van der Waals surface area contributed by atoms with E-state index in [-0.39, 0.29) is 12.3 Å². The molecule has 0 fully saturated rings. The smallest absolute Gasteiger partial charge is 0.272 e. The highest BCUT2D eigenvalue weighted by atomic mass is 35.5. The Morgan fingerprint density at radius 3 is 2.63 bits per heavy atom. The van der Waals surface area contributed by atoms with Crippen molar-refractivity contribution in [1.82, 2.24) is 5.43 Å². The third-order valence-electron chi connectivity index (χ3n) is 3.71. The van der Waals surface area contributed by atoms with Crippen LogP contribution in [0.4, 0.5) is 5.69 Å². The van der Waals surface area contributed by atoms with Crippen molar-refractivity contribution in [3.8, 4) is 11.5 Å². The van der Waals surface area contributed by atoms with Gasteiger partial charge in [0, 0.05) is 17.5 Å². The van der Waals surface area contributed by atoms with E-state index in [0.29, 0.717) is 46.7 Å². The number of rotatable bonds is 5. The molecule has 8 heteroatoms. The van der Waals surface area contributed by atoms with Crippen LogP contribution in [0.1, 0.15) is 23.7 Å². The van der Waals surface area contributed by atoms with Gasteiger partial charge >= 0.3 is 0 Å². The monoisotopic (exact) mass is 387 g/mol. The van der Waals surface area contributed by atoms with Crippen LogP contribution >= 0.6 is 11.6 Å². The fraction of sp³-hybridized carbons (Fsp3) is 0.211. The number of hydrazone groups is 1. The molecule has 2 aromatic rings. The van der Waals surface area contributed by atoms with Crippen LogP contribution in [0.3, 0.4) is 0 Å².